The lowest BCUT2D eigenvalue weighted by Gasteiger charge is -2.06. The molecule has 2 aromatic carbocycles. The fourth-order valence-corrected chi connectivity index (χ4v) is 1.86. The minimum absolute atomic E-state index is 0.246. The van der Waals surface area contributed by atoms with Gasteiger partial charge in [0.15, 0.2) is 0 Å². The lowest BCUT2D eigenvalue weighted by Crippen LogP contribution is -2.00. The molecule has 2 aromatic rings. The number of aryl methyl sites for hydroxylation is 1. The van der Waals surface area contributed by atoms with Crippen molar-refractivity contribution in [1.29, 1.82) is 0 Å². The van der Waals surface area contributed by atoms with Crippen LogP contribution in [0.25, 0.3) is 17.2 Å². The maximum atomic E-state index is 12.1. The Morgan fingerprint density at radius 3 is 2.11 bits per heavy atom. The summed E-state index contributed by atoms with van der Waals surface area (Å²) in [5.41, 5.74) is 3.77. The molecule has 0 aliphatic heterocycles. The Morgan fingerprint density at radius 1 is 0.895 bits per heavy atom. The molecule has 0 heterocycles. The van der Waals surface area contributed by atoms with Crippen molar-refractivity contribution in [3.05, 3.63) is 65.7 Å². The van der Waals surface area contributed by atoms with Crippen LogP contribution in [0.5, 0.6) is 0 Å². The molecule has 3 heteroatoms. The van der Waals surface area contributed by atoms with Crippen LogP contribution in [-0.2, 0) is 0 Å². The van der Waals surface area contributed by atoms with Crippen LogP contribution in [0.1, 0.15) is 11.1 Å². The van der Waals surface area contributed by atoms with Gasteiger partial charge in [-0.15, -0.1) is 0 Å². The SMILES string of the molecule is Cc1ccccc1-c1ccc(C=CC(F)(F)F)cc1. The van der Waals surface area contributed by atoms with Crippen LogP contribution in [0, 0.1) is 6.92 Å². The van der Waals surface area contributed by atoms with E-state index >= 15 is 0 Å². The molecule has 0 N–H and O–H groups in total. The summed E-state index contributed by atoms with van der Waals surface area (Å²) in [7, 11) is 0. The van der Waals surface area contributed by atoms with Gasteiger partial charge in [-0.2, -0.15) is 13.2 Å². The first-order valence-electron chi connectivity index (χ1n) is 5.88. The molecule has 0 aliphatic rings. The van der Waals surface area contributed by atoms with E-state index in [1.807, 2.05) is 43.3 Å². The third kappa shape index (κ3) is 3.71. The van der Waals surface area contributed by atoms with Crippen LogP contribution >= 0.6 is 0 Å². The molecule has 2 rings (SSSR count). The summed E-state index contributed by atoms with van der Waals surface area (Å²) in [6, 6.07) is 14.9. The molecule has 0 spiro atoms. The van der Waals surface area contributed by atoms with Crippen molar-refractivity contribution >= 4 is 6.08 Å². The van der Waals surface area contributed by atoms with Gasteiger partial charge in [0.2, 0.25) is 0 Å². The van der Waals surface area contributed by atoms with Gasteiger partial charge in [-0.3, -0.25) is 0 Å². The highest BCUT2D eigenvalue weighted by molar-refractivity contribution is 5.68. The minimum Gasteiger partial charge on any atom is -0.167 e. The van der Waals surface area contributed by atoms with Crippen LogP contribution in [0.3, 0.4) is 0 Å². The van der Waals surface area contributed by atoms with Crippen LogP contribution in [0.4, 0.5) is 13.2 Å². The average Bonchev–Trinajstić information content (AvgIpc) is 2.37. The molecule has 0 fully saturated rings. The largest absolute Gasteiger partial charge is 0.409 e. The molecule has 0 aliphatic carbocycles. The molecule has 98 valence electrons. The van der Waals surface area contributed by atoms with E-state index in [9.17, 15) is 13.2 Å². The number of halogens is 3. The van der Waals surface area contributed by atoms with E-state index in [0.717, 1.165) is 22.8 Å². The normalized spacial score (nSPS) is 12.0. The molecular weight excluding hydrogens is 249 g/mol. The molecule has 0 atom stereocenters. The molecule has 0 nitrogen and oxygen atoms in total. The predicted molar refractivity (Wildman–Crippen MR) is 71.7 cm³/mol. The van der Waals surface area contributed by atoms with E-state index in [-0.39, 0.29) is 6.08 Å². The van der Waals surface area contributed by atoms with Crippen molar-refractivity contribution in [2.24, 2.45) is 0 Å². The van der Waals surface area contributed by atoms with E-state index in [1.54, 1.807) is 12.1 Å². The third-order valence-electron chi connectivity index (χ3n) is 2.83. The van der Waals surface area contributed by atoms with Crippen LogP contribution < -0.4 is 0 Å². The number of rotatable bonds is 2. The number of benzene rings is 2. The van der Waals surface area contributed by atoms with Crippen LogP contribution in [-0.4, -0.2) is 6.18 Å². The second kappa shape index (κ2) is 5.31. The zero-order valence-corrected chi connectivity index (χ0v) is 10.4. The first-order chi connectivity index (χ1) is 8.96. The van der Waals surface area contributed by atoms with E-state index < -0.39 is 6.18 Å². The van der Waals surface area contributed by atoms with Crippen molar-refractivity contribution in [3.8, 4) is 11.1 Å². The average molecular weight is 262 g/mol. The highest BCUT2D eigenvalue weighted by Crippen LogP contribution is 2.24. The lowest BCUT2D eigenvalue weighted by atomic mass is 9.99. The summed E-state index contributed by atoms with van der Waals surface area (Å²) in [5, 5.41) is 0. The van der Waals surface area contributed by atoms with Crippen LogP contribution in [0.2, 0.25) is 0 Å². The number of hydrogen-bond acceptors (Lipinski definition) is 0. The van der Waals surface area contributed by atoms with Gasteiger partial charge in [0, 0.05) is 6.08 Å². The Labute approximate surface area is 110 Å². The van der Waals surface area contributed by atoms with Gasteiger partial charge in [0.25, 0.3) is 0 Å². The summed E-state index contributed by atoms with van der Waals surface area (Å²) in [5.74, 6) is 0. The topological polar surface area (TPSA) is 0 Å². The summed E-state index contributed by atoms with van der Waals surface area (Å²) in [6.45, 7) is 2.01. The van der Waals surface area contributed by atoms with E-state index in [2.05, 4.69) is 0 Å². The first-order valence-corrected chi connectivity index (χ1v) is 5.88. The first kappa shape index (κ1) is 13.4. The van der Waals surface area contributed by atoms with Gasteiger partial charge in [-0.05, 0) is 29.2 Å². The standard InChI is InChI=1S/C16H13F3/c1-12-4-2-3-5-15(12)14-8-6-13(7-9-14)10-11-16(17,18)19/h2-11H,1H3. The smallest absolute Gasteiger partial charge is 0.167 e. The molecule has 0 bridgehead atoms. The molecule has 0 unspecified atom stereocenters. The zero-order valence-electron chi connectivity index (χ0n) is 10.4. The lowest BCUT2D eigenvalue weighted by molar-refractivity contribution is -0.0790. The zero-order chi connectivity index (χ0) is 13.9. The monoisotopic (exact) mass is 262 g/mol. The molecule has 0 aromatic heterocycles. The number of alkyl halides is 3. The molecule has 19 heavy (non-hydrogen) atoms. The van der Waals surface area contributed by atoms with E-state index in [0.29, 0.717) is 5.56 Å². The van der Waals surface area contributed by atoms with E-state index in [1.165, 1.54) is 0 Å². The summed E-state index contributed by atoms with van der Waals surface area (Å²) in [4.78, 5) is 0. The van der Waals surface area contributed by atoms with Crippen molar-refractivity contribution in [2.45, 2.75) is 13.1 Å². The van der Waals surface area contributed by atoms with Crippen LogP contribution in [0.15, 0.2) is 54.6 Å². The van der Waals surface area contributed by atoms with Crippen molar-refractivity contribution in [1.82, 2.24) is 0 Å². The summed E-state index contributed by atoms with van der Waals surface area (Å²) >= 11 is 0. The van der Waals surface area contributed by atoms with Crippen molar-refractivity contribution < 1.29 is 13.2 Å². The maximum Gasteiger partial charge on any atom is 0.409 e. The van der Waals surface area contributed by atoms with E-state index in [4.69, 9.17) is 0 Å². The molecule has 0 saturated carbocycles. The maximum absolute atomic E-state index is 12.1. The minimum atomic E-state index is -4.27. The number of allylic oxidation sites excluding steroid dienone is 1. The van der Waals surface area contributed by atoms with Gasteiger partial charge in [0.1, 0.15) is 0 Å². The van der Waals surface area contributed by atoms with Gasteiger partial charge in [0.05, 0.1) is 0 Å². The molecule has 0 amide bonds. The van der Waals surface area contributed by atoms with Gasteiger partial charge < -0.3 is 0 Å². The predicted octanol–water partition coefficient (Wildman–Crippen LogP) is 5.24. The second-order valence-electron chi connectivity index (χ2n) is 4.31. The highest BCUT2D eigenvalue weighted by atomic mass is 19.4. The second-order valence-corrected chi connectivity index (χ2v) is 4.31. The van der Waals surface area contributed by atoms with Gasteiger partial charge in [-0.25, -0.2) is 0 Å². The van der Waals surface area contributed by atoms with Gasteiger partial charge in [-0.1, -0.05) is 54.6 Å². The Kier molecular flexibility index (Phi) is 3.74. The summed E-state index contributed by atoms with van der Waals surface area (Å²) in [6.07, 6.45) is -2.95. The van der Waals surface area contributed by atoms with Crippen molar-refractivity contribution in [3.63, 3.8) is 0 Å². The van der Waals surface area contributed by atoms with Crippen molar-refractivity contribution in [2.75, 3.05) is 0 Å². The molecular formula is C16H13F3. The fraction of sp³-hybridized carbons (Fsp3) is 0.125. The quantitative estimate of drug-likeness (QED) is 0.694. The number of hydrogen-bond donors (Lipinski definition) is 0. The van der Waals surface area contributed by atoms with Gasteiger partial charge >= 0.3 is 6.18 Å². The Balaban J connectivity index is 2.25. The molecule has 0 radical (unpaired) electrons. The Morgan fingerprint density at radius 2 is 1.53 bits per heavy atom. The summed E-state index contributed by atoms with van der Waals surface area (Å²) < 4.78 is 36.2. The Hall–Kier alpha value is -2.03. The highest BCUT2D eigenvalue weighted by Gasteiger charge is 2.21. The fourth-order valence-electron chi connectivity index (χ4n) is 1.86. The molecule has 0 saturated heterocycles. The third-order valence-corrected chi connectivity index (χ3v) is 2.83. The Bertz CT molecular complexity index is 578.